The smallest absolute Gasteiger partial charge is 0.127 e. The Morgan fingerprint density at radius 3 is 1.08 bits per heavy atom. The Morgan fingerprint density at radius 2 is 0.746 bits per heavy atom. The Kier molecular flexibility index (Phi) is 11.0. The molecule has 0 atom stereocenters. The number of benzene rings is 4. The molecule has 8 fully saturated rings. The van der Waals surface area contributed by atoms with Crippen molar-refractivity contribution in [3.63, 3.8) is 0 Å². The van der Waals surface area contributed by atoms with E-state index in [1.807, 2.05) is 0 Å². The van der Waals surface area contributed by atoms with Gasteiger partial charge in [-0.2, -0.15) is 0 Å². The minimum atomic E-state index is 0. The van der Waals surface area contributed by atoms with E-state index in [9.17, 15) is 10.2 Å². The molecule has 4 heteroatoms. The average Bonchev–Trinajstić information content (AvgIpc) is 3.15. The molecule has 0 aliphatic heterocycles. The van der Waals surface area contributed by atoms with Crippen LogP contribution < -0.4 is 0 Å². The number of aromatic nitrogens is 1. The van der Waals surface area contributed by atoms with Crippen molar-refractivity contribution in [1.29, 1.82) is 0 Å². The van der Waals surface area contributed by atoms with E-state index in [2.05, 4.69) is 107 Å². The van der Waals surface area contributed by atoms with Crippen LogP contribution >= 0.6 is 0 Å². The van der Waals surface area contributed by atoms with Crippen LogP contribution in [0.5, 0.6) is 11.5 Å². The maximum absolute atomic E-state index is 12.4. The molecule has 8 bridgehead atoms. The number of pyridine rings is 1. The van der Waals surface area contributed by atoms with Gasteiger partial charge in [0.25, 0.3) is 0 Å². The van der Waals surface area contributed by atoms with E-state index in [1.165, 1.54) is 110 Å². The standard InChI is InChI=1S/C53H57NO2.2CH3.Hf/c1-30-8-10-40(44-14-32(3)16-46(50(44)55)52-24-34-18-35(25-52)20-36(19-34)26-52)42(12-30)48-6-5-7-49(54-48)43-13-31(2)9-11-41(43)45-15-33(4)17-47(51(45)56)53-27-37-21-38(28-53)23-39(22-37)29-53;;;/h5-17,34-39,55-56H,18-29H2,1-4H3;2*1H3;/q;2*-1;. The number of rotatable bonds is 6. The summed E-state index contributed by atoms with van der Waals surface area (Å²) < 4.78 is 0. The third-order valence-corrected chi connectivity index (χ3v) is 16.0. The van der Waals surface area contributed by atoms with Crippen LogP contribution in [0, 0.1) is 78.1 Å². The summed E-state index contributed by atoms with van der Waals surface area (Å²) in [7, 11) is 0. The normalized spacial score (nSPS) is 29.4. The number of hydrogen-bond acceptors (Lipinski definition) is 3. The molecule has 306 valence electrons. The summed E-state index contributed by atoms with van der Waals surface area (Å²) >= 11 is 0. The first-order chi connectivity index (χ1) is 27.0. The molecule has 3 nitrogen and oxygen atoms in total. The molecule has 0 spiro atoms. The molecule has 0 radical (unpaired) electrons. The number of hydrogen-bond donors (Lipinski definition) is 2. The zero-order valence-electron chi connectivity index (χ0n) is 36.3. The van der Waals surface area contributed by atoms with Crippen molar-refractivity contribution < 1.29 is 36.1 Å². The van der Waals surface area contributed by atoms with Crippen molar-refractivity contribution in [2.45, 2.75) is 116 Å². The first-order valence-corrected chi connectivity index (χ1v) is 21.9. The van der Waals surface area contributed by atoms with Gasteiger partial charge in [0.05, 0.1) is 11.4 Å². The first kappa shape index (κ1) is 42.2. The molecule has 0 amide bonds. The molecule has 8 aliphatic carbocycles. The van der Waals surface area contributed by atoms with Crippen molar-refractivity contribution in [1.82, 2.24) is 4.98 Å². The Bertz CT molecular complexity index is 2190. The van der Waals surface area contributed by atoms with E-state index >= 15 is 0 Å². The third kappa shape index (κ3) is 7.00. The first-order valence-electron chi connectivity index (χ1n) is 21.9. The molecule has 1 aromatic heterocycles. The second-order valence-corrected chi connectivity index (χ2v) is 20.3. The molecule has 1 heterocycles. The number of phenols is 2. The predicted molar refractivity (Wildman–Crippen MR) is 241 cm³/mol. The third-order valence-electron chi connectivity index (χ3n) is 16.0. The van der Waals surface area contributed by atoms with Gasteiger partial charge in [-0.3, -0.25) is 0 Å². The van der Waals surface area contributed by atoms with E-state index in [-0.39, 0.29) is 51.5 Å². The van der Waals surface area contributed by atoms with Crippen LogP contribution in [0.3, 0.4) is 0 Å². The second-order valence-electron chi connectivity index (χ2n) is 20.3. The molecular formula is C55H63HfNO2-2. The maximum Gasteiger partial charge on any atom is 0.127 e. The van der Waals surface area contributed by atoms with Crippen molar-refractivity contribution >= 4 is 0 Å². The van der Waals surface area contributed by atoms with Gasteiger partial charge in [-0.15, -0.1) is 0 Å². The van der Waals surface area contributed by atoms with E-state index in [1.54, 1.807) is 0 Å². The van der Waals surface area contributed by atoms with Crippen molar-refractivity contribution in [3.05, 3.63) is 127 Å². The summed E-state index contributed by atoms with van der Waals surface area (Å²) in [4.78, 5) is 5.46. The zero-order valence-corrected chi connectivity index (χ0v) is 39.9. The molecule has 13 rings (SSSR count). The summed E-state index contributed by atoms with van der Waals surface area (Å²) in [6.45, 7) is 8.70. The van der Waals surface area contributed by atoms with Crippen molar-refractivity contribution in [2.75, 3.05) is 0 Å². The molecular weight excluding hydrogens is 885 g/mol. The van der Waals surface area contributed by atoms with Crippen molar-refractivity contribution in [2.24, 2.45) is 35.5 Å². The molecule has 4 aromatic carbocycles. The van der Waals surface area contributed by atoms with Crippen LogP contribution in [0.4, 0.5) is 0 Å². The van der Waals surface area contributed by atoms with Gasteiger partial charge in [-0.05, 0) is 210 Å². The summed E-state index contributed by atoms with van der Waals surface area (Å²) in [5.41, 5.74) is 15.1. The summed E-state index contributed by atoms with van der Waals surface area (Å²) in [5, 5.41) is 24.8. The average molecular weight is 949 g/mol. The quantitative estimate of drug-likeness (QED) is 0.132. The fourth-order valence-electron chi connectivity index (χ4n) is 14.6. The van der Waals surface area contributed by atoms with Crippen LogP contribution in [0.15, 0.2) is 78.9 Å². The molecule has 8 aliphatic rings. The molecule has 59 heavy (non-hydrogen) atoms. The number of nitrogens with zero attached hydrogens (tertiary/aromatic N) is 1. The van der Waals surface area contributed by atoms with Gasteiger partial charge in [-0.1, -0.05) is 53.6 Å². The zero-order chi connectivity index (χ0) is 38.1. The Labute approximate surface area is 373 Å². The number of aryl methyl sites for hydroxylation is 4. The van der Waals surface area contributed by atoms with Gasteiger partial charge < -0.3 is 25.1 Å². The van der Waals surface area contributed by atoms with Crippen LogP contribution in [-0.2, 0) is 36.7 Å². The van der Waals surface area contributed by atoms with E-state index in [0.29, 0.717) is 11.5 Å². The van der Waals surface area contributed by atoms with E-state index < -0.39 is 0 Å². The summed E-state index contributed by atoms with van der Waals surface area (Å²) in [5.74, 6) is 5.81. The second kappa shape index (κ2) is 15.4. The van der Waals surface area contributed by atoms with E-state index in [4.69, 9.17) is 4.98 Å². The van der Waals surface area contributed by atoms with Gasteiger partial charge in [0.1, 0.15) is 11.5 Å². The summed E-state index contributed by atoms with van der Waals surface area (Å²) in [6, 6.07) is 28.6. The monoisotopic (exact) mass is 949 g/mol. The van der Waals surface area contributed by atoms with Gasteiger partial charge >= 0.3 is 0 Å². The molecule has 8 saturated carbocycles. The summed E-state index contributed by atoms with van der Waals surface area (Å²) in [6.07, 6.45) is 15.7. The fraction of sp³-hybridized carbons (Fsp3) is 0.436. The largest absolute Gasteiger partial charge is 0.507 e. The maximum atomic E-state index is 12.4. The van der Waals surface area contributed by atoms with E-state index in [0.717, 1.165) is 80.3 Å². The van der Waals surface area contributed by atoms with Gasteiger partial charge in [0, 0.05) is 59.2 Å². The molecule has 0 unspecified atom stereocenters. The topological polar surface area (TPSA) is 53.4 Å². The predicted octanol–water partition coefficient (Wildman–Crippen LogP) is 14.2. The minimum Gasteiger partial charge on any atom is -0.507 e. The Balaban J connectivity index is 0.00000161. The molecule has 2 N–H and O–H groups in total. The van der Waals surface area contributed by atoms with Crippen LogP contribution in [-0.4, -0.2) is 15.2 Å². The number of aromatic hydroxyl groups is 2. The fourth-order valence-corrected chi connectivity index (χ4v) is 14.6. The number of phenolic OH excluding ortho intramolecular Hbond substituents is 2. The molecule has 5 aromatic rings. The van der Waals surface area contributed by atoms with Crippen LogP contribution in [0.25, 0.3) is 44.8 Å². The van der Waals surface area contributed by atoms with Gasteiger partial charge in [-0.25, -0.2) is 4.98 Å². The Hall–Kier alpha value is -3.50. The minimum absolute atomic E-state index is 0. The SMILES string of the molecule is Cc1ccc(-c2cc(C)cc(C34CC5CC(CC(C5)C3)C4)c2O)c(-c2cccc(-c3cc(C)ccc3-c3cc(C)cc(C45CC6CC(CC(C6)C4)C5)c3O)n2)c1.[CH3-].[CH3-].[Hf]. The molecule has 0 saturated heterocycles. The van der Waals surface area contributed by atoms with Gasteiger partial charge in [0.2, 0.25) is 0 Å². The Morgan fingerprint density at radius 1 is 0.424 bits per heavy atom. The van der Waals surface area contributed by atoms with Crippen LogP contribution in [0.2, 0.25) is 0 Å². The van der Waals surface area contributed by atoms with Crippen molar-refractivity contribution in [3.8, 4) is 56.3 Å². The van der Waals surface area contributed by atoms with Crippen LogP contribution in [0.1, 0.15) is 110 Å². The van der Waals surface area contributed by atoms with Gasteiger partial charge in [0.15, 0.2) is 0 Å².